The number of nitrogens with zero attached hydrogens (tertiary/aromatic N) is 1. The number of nitrogens with one attached hydrogen (secondary N) is 1. The lowest BCUT2D eigenvalue weighted by molar-refractivity contribution is -0.123. The van der Waals surface area contributed by atoms with Crippen molar-refractivity contribution in [3.63, 3.8) is 0 Å². The molecule has 1 N–H and O–H groups in total. The summed E-state index contributed by atoms with van der Waals surface area (Å²) in [5, 5.41) is 3.04. The monoisotopic (exact) mass is 330 g/mol. The first kappa shape index (κ1) is 18.7. The first-order valence-corrected chi connectivity index (χ1v) is 8.79. The minimum atomic E-state index is -0.202. The normalized spacial score (nSPS) is 18.4. The molecule has 1 aliphatic heterocycles. The molecule has 0 spiro atoms. The van der Waals surface area contributed by atoms with Crippen molar-refractivity contribution < 1.29 is 9.53 Å². The van der Waals surface area contributed by atoms with E-state index in [1.807, 2.05) is 39.0 Å². The Morgan fingerprint density at radius 3 is 2.71 bits per heavy atom. The second kappa shape index (κ2) is 9.00. The molecule has 4 nitrogen and oxygen atoms in total. The molecule has 1 aromatic rings. The minimum Gasteiger partial charge on any atom is -0.377 e. The smallest absolute Gasteiger partial charge is 0.234 e. The molecule has 0 radical (unpaired) electrons. The summed E-state index contributed by atoms with van der Waals surface area (Å²) in [5.74, 6) is 0.0635. The van der Waals surface area contributed by atoms with Gasteiger partial charge in [-0.25, -0.2) is 0 Å². The zero-order valence-electron chi connectivity index (χ0n) is 15.1. The van der Waals surface area contributed by atoms with Gasteiger partial charge in [-0.1, -0.05) is 42.5 Å². The average Bonchev–Trinajstić information content (AvgIpc) is 2.99. The van der Waals surface area contributed by atoms with E-state index in [2.05, 4.69) is 34.5 Å². The molecule has 1 atom stereocenters. The molecular weight excluding hydrogens is 300 g/mol. The van der Waals surface area contributed by atoms with Crippen LogP contribution in [-0.4, -0.2) is 48.7 Å². The Hall–Kier alpha value is -1.65. The fourth-order valence-electron chi connectivity index (χ4n) is 2.84. The van der Waals surface area contributed by atoms with Gasteiger partial charge >= 0.3 is 0 Å². The van der Waals surface area contributed by atoms with Crippen LogP contribution in [0.4, 0.5) is 0 Å². The zero-order chi connectivity index (χ0) is 17.4. The molecule has 0 aromatic heterocycles. The van der Waals surface area contributed by atoms with Gasteiger partial charge in [0.2, 0.25) is 5.91 Å². The Morgan fingerprint density at radius 1 is 1.33 bits per heavy atom. The topological polar surface area (TPSA) is 41.6 Å². The van der Waals surface area contributed by atoms with Gasteiger partial charge in [-0.05, 0) is 39.2 Å². The molecule has 132 valence electrons. The van der Waals surface area contributed by atoms with Crippen LogP contribution in [0.5, 0.6) is 0 Å². The van der Waals surface area contributed by atoms with Gasteiger partial charge in [0, 0.05) is 25.2 Å². The summed E-state index contributed by atoms with van der Waals surface area (Å²) in [7, 11) is 0. The summed E-state index contributed by atoms with van der Waals surface area (Å²) in [6.45, 7) is 8.80. The van der Waals surface area contributed by atoms with Crippen molar-refractivity contribution in [2.75, 3.05) is 26.2 Å². The van der Waals surface area contributed by atoms with Gasteiger partial charge in [-0.2, -0.15) is 0 Å². The first-order valence-electron chi connectivity index (χ1n) is 8.79. The van der Waals surface area contributed by atoms with Gasteiger partial charge < -0.3 is 10.1 Å². The highest BCUT2D eigenvalue weighted by Crippen LogP contribution is 2.13. The fourth-order valence-corrected chi connectivity index (χ4v) is 2.84. The number of hydrogen-bond acceptors (Lipinski definition) is 3. The van der Waals surface area contributed by atoms with E-state index < -0.39 is 0 Å². The molecule has 1 aromatic carbocycles. The molecule has 2 rings (SSSR count). The highest BCUT2D eigenvalue weighted by molar-refractivity contribution is 5.78. The third kappa shape index (κ3) is 7.28. The second-order valence-corrected chi connectivity index (χ2v) is 7.44. The van der Waals surface area contributed by atoms with Crippen molar-refractivity contribution in [2.45, 2.75) is 45.3 Å². The quantitative estimate of drug-likeness (QED) is 0.835. The van der Waals surface area contributed by atoms with Crippen molar-refractivity contribution in [1.29, 1.82) is 0 Å². The summed E-state index contributed by atoms with van der Waals surface area (Å²) < 4.78 is 5.73. The molecule has 4 heteroatoms. The van der Waals surface area contributed by atoms with Crippen molar-refractivity contribution >= 4 is 12.0 Å². The molecule has 1 saturated heterocycles. The Labute approximate surface area is 145 Å². The van der Waals surface area contributed by atoms with Crippen LogP contribution in [0.1, 0.15) is 39.2 Å². The number of rotatable bonds is 7. The average molecular weight is 330 g/mol. The molecule has 0 bridgehead atoms. The summed E-state index contributed by atoms with van der Waals surface area (Å²) in [6, 6.07) is 10.2. The number of hydrogen-bond donors (Lipinski definition) is 1. The van der Waals surface area contributed by atoms with Gasteiger partial charge in [0.1, 0.15) is 0 Å². The third-order valence-corrected chi connectivity index (χ3v) is 3.84. The van der Waals surface area contributed by atoms with Crippen LogP contribution in [0.3, 0.4) is 0 Å². The van der Waals surface area contributed by atoms with E-state index in [0.717, 1.165) is 32.5 Å². The number of ether oxygens (including phenoxy) is 1. The number of carbonyl (C=O) groups is 1. The molecule has 1 unspecified atom stereocenters. The number of benzene rings is 1. The van der Waals surface area contributed by atoms with Gasteiger partial charge in [-0.3, -0.25) is 9.69 Å². The molecule has 1 amide bonds. The van der Waals surface area contributed by atoms with E-state index in [-0.39, 0.29) is 17.6 Å². The minimum absolute atomic E-state index is 0.0635. The summed E-state index contributed by atoms with van der Waals surface area (Å²) >= 11 is 0. The largest absolute Gasteiger partial charge is 0.377 e. The molecule has 1 heterocycles. The number of carbonyl (C=O) groups excluding carboxylic acids is 1. The lowest BCUT2D eigenvalue weighted by Gasteiger charge is -2.26. The Kier molecular flexibility index (Phi) is 7.00. The van der Waals surface area contributed by atoms with E-state index in [0.29, 0.717) is 6.54 Å². The lowest BCUT2D eigenvalue weighted by Crippen LogP contribution is -2.47. The Balaban J connectivity index is 1.91. The van der Waals surface area contributed by atoms with Crippen molar-refractivity contribution in [2.24, 2.45) is 0 Å². The van der Waals surface area contributed by atoms with Crippen LogP contribution >= 0.6 is 0 Å². The molecular formula is C20H30N2O2. The van der Waals surface area contributed by atoms with Gasteiger partial charge in [0.25, 0.3) is 0 Å². The Morgan fingerprint density at radius 2 is 2.08 bits per heavy atom. The molecule has 0 saturated carbocycles. The van der Waals surface area contributed by atoms with Crippen LogP contribution in [0.15, 0.2) is 36.4 Å². The predicted molar refractivity (Wildman–Crippen MR) is 98.8 cm³/mol. The maximum absolute atomic E-state index is 12.3. The van der Waals surface area contributed by atoms with E-state index in [9.17, 15) is 4.79 Å². The molecule has 1 fully saturated rings. The molecule has 1 aliphatic rings. The van der Waals surface area contributed by atoms with E-state index in [4.69, 9.17) is 4.74 Å². The lowest BCUT2D eigenvalue weighted by atomic mass is 10.1. The van der Waals surface area contributed by atoms with E-state index >= 15 is 0 Å². The third-order valence-electron chi connectivity index (χ3n) is 3.84. The second-order valence-electron chi connectivity index (χ2n) is 7.44. The summed E-state index contributed by atoms with van der Waals surface area (Å²) in [6.07, 6.45) is 6.67. The highest BCUT2D eigenvalue weighted by Gasteiger charge is 2.21. The van der Waals surface area contributed by atoms with Crippen LogP contribution in [0.2, 0.25) is 0 Å². The molecule has 0 aliphatic carbocycles. The highest BCUT2D eigenvalue weighted by atomic mass is 16.5. The van der Waals surface area contributed by atoms with Crippen molar-refractivity contribution in [1.82, 2.24) is 10.2 Å². The van der Waals surface area contributed by atoms with Gasteiger partial charge in [0.15, 0.2) is 0 Å². The van der Waals surface area contributed by atoms with Crippen LogP contribution in [0.25, 0.3) is 6.08 Å². The van der Waals surface area contributed by atoms with Gasteiger partial charge in [0.05, 0.1) is 12.6 Å². The van der Waals surface area contributed by atoms with Gasteiger partial charge in [-0.15, -0.1) is 0 Å². The summed E-state index contributed by atoms with van der Waals surface area (Å²) in [5.41, 5.74) is 0.973. The van der Waals surface area contributed by atoms with Crippen LogP contribution in [0, 0.1) is 0 Å². The predicted octanol–water partition coefficient (Wildman–Crippen LogP) is 3.10. The maximum Gasteiger partial charge on any atom is 0.234 e. The van der Waals surface area contributed by atoms with Crippen LogP contribution < -0.4 is 5.32 Å². The van der Waals surface area contributed by atoms with E-state index in [1.54, 1.807) is 0 Å². The van der Waals surface area contributed by atoms with Crippen molar-refractivity contribution in [3.05, 3.63) is 42.0 Å². The van der Waals surface area contributed by atoms with E-state index in [1.165, 1.54) is 5.56 Å². The van der Waals surface area contributed by atoms with Crippen LogP contribution in [-0.2, 0) is 9.53 Å². The standard InChI is InChI=1S/C20H30N2O2/c1-20(2,3)21-19(23)16-22(15-18-12-8-14-24-18)13-7-11-17-9-5-4-6-10-17/h4-7,9-11,18H,8,12-16H2,1-3H3,(H,21,23)/b11-7+. The Bertz CT molecular complexity index is 528. The molecule has 24 heavy (non-hydrogen) atoms. The zero-order valence-corrected chi connectivity index (χ0v) is 15.1. The fraction of sp³-hybridized carbons (Fsp3) is 0.550. The SMILES string of the molecule is CC(C)(C)NC(=O)CN(C/C=C/c1ccccc1)CC1CCCO1. The van der Waals surface area contributed by atoms with Crippen molar-refractivity contribution in [3.8, 4) is 0 Å². The first-order chi connectivity index (χ1) is 11.4. The summed E-state index contributed by atoms with van der Waals surface area (Å²) in [4.78, 5) is 14.4. The number of amides is 1. The maximum atomic E-state index is 12.3.